The van der Waals surface area contributed by atoms with E-state index in [9.17, 15) is 19.5 Å². The molecule has 0 atom stereocenters. The molecule has 3 aliphatic rings. The predicted octanol–water partition coefficient (Wildman–Crippen LogP) is 3.30. The number of rotatable bonds is 3. The van der Waals surface area contributed by atoms with Crippen LogP contribution in [0.3, 0.4) is 0 Å². The molecule has 0 saturated heterocycles. The average molecular weight is 396 g/mol. The van der Waals surface area contributed by atoms with Crippen molar-refractivity contribution in [1.82, 2.24) is 4.90 Å². The number of fused-ring (bicyclic) bond motifs is 1. The first-order valence-electron chi connectivity index (χ1n) is 10.7. The summed E-state index contributed by atoms with van der Waals surface area (Å²) >= 11 is 0. The Hall–Kier alpha value is -2.47. The average Bonchev–Trinajstić information content (AvgIpc) is 2.69. The minimum absolute atomic E-state index is 0.0788. The van der Waals surface area contributed by atoms with Gasteiger partial charge in [-0.3, -0.25) is 19.4 Å². The van der Waals surface area contributed by atoms with Gasteiger partial charge >= 0.3 is 5.97 Å². The standard InChI is InChI=1S/C23H28N2O4/c26-21-14-16-8-6-7-11-19(16)25(22(21)27)20-12-13-24(15-18(20)23(28)29)17-9-4-2-1-3-5-10-17/h6-8,11,17H,1-5,9-10,12-15H2,(H,28,29). The van der Waals surface area contributed by atoms with Gasteiger partial charge in [0, 0.05) is 37.7 Å². The van der Waals surface area contributed by atoms with Gasteiger partial charge < -0.3 is 5.11 Å². The van der Waals surface area contributed by atoms with Crippen molar-refractivity contribution in [2.24, 2.45) is 0 Å². The van der Waals surface area contributed by atoms with E-state index in [1.165, 1.54) is 37.0 Å². The van der Waals surface area contributed by atoms with E-state index < -0.39 is 17.7 Å². The lowest BCUT2D eigenvalue weighted by Gasteiger charge is -2.40. The van der Waals surface area contributed by atoms with Gasteiger partial charge in [0.2, 0.25) is 5.78 Å². The monoisotopic (exact) mass is 396 g/mol. The van der Waals surface area contributed by atoms with E-state index in [1.807, 2.05) is 18.2 Å². The third kappa shape index (κ3) is 3.99. The van der Waals surface area contributed by atoms with E-state index in [1.54, 1.807) is 6.07 Å². The number of carbonyl (C=O) groups excluding carboxylic acids is 2. The van der Waals surface area contributed by atoms with Crippen molar-refractivity contribution < 1.29 is 19.5 Å². The van der Waals surface area contributed by atoms with Crippen molar-refractivity contribution in [3.05, 3.63) is 41.1 Å². The summed E-state index contributed by atoms with van der Waals surface area (Å²) < 4.78 is 0. The molecule has 1 aromatic rings. The Morgan fingerprint density at radius 1 is 1.00 bits per heavy atom. The molecule has 0 radical (unpaired) electrons. The zero-order valence-electron chi connectivity index (χ0n) is 16.7. The fourth-order valence-corrected chi connectivity index (χ4v) is 4.95. The summed E-state index contributed by atoms with van der Waals surface area (Å²) in [6.07, 6.45) is 8.91. The first-order valence-corrected chi connectivity index (χ1v) is 10.7. The van der Waals surface area contributed by atoms with Crippen LogP contribution < -0.4 is 4.90 Å². The summed E-state index contributed by atoms with van der Waals surface area (Å²) in [5, 5.41) is 9.95. The van der Waals surface area contributed by atoms with Crippen molar-refractivity contribution in [3.63, 3.8) is 0 Å². The second kappa shape index (κ2) is 8.49. The van der Waals surface area contributed by atoms with Crippen LogP contribution in [0.1, 0.15) is 56.9 Å². The number of anilines is 1. The molecule has 1 fully saturated rings. The number of carbonyl (C=O) groups is 3. The van der Waals surface area contributed by atoms with E-state index in [4.69, 9.17) is 0 Å². The smallest absolute Gasteiger partial charge is 0.334 e. The van der Waals surface area contributed by atoms with E-state index in [2.05, 4.69) is 4.90 Å². The summed E-state index contributed by atoms with van der Waals surface area (Å²) in [6, 6.07) is 7.69. The largest absolute Gasteiger partial charge is 0.478 e. The van der Waals surface area contributed by atoms with Crippen molar-refractivity contribution >= 4 is 23.3 Å². The molecule has 0 unspecified atom stereocenters. The molecule has 0 aromatic heterocycles. The number of benzene rings is 1. The molecule has 4 rings (SSSR count). The first kappa shape index (κ1) is 19.8. The highest BCUT2D eigenvalue weighted by Crippen LogP contribution is 2.35. The number of aliphatic carboxylic acids is 1. The molecular formula is C23H28N2O4. The van der Waals surface area contributed by atoms with Crippen LogP contribution in [-0.2, 0) is 20.8 Å². The molecule has 2 heterocycles. The number of carboxylic acid groups (broad SMARTS) is 1. The Bertz CT molecular complexity index is 852. The van der Waals surface area contributed by atoms with Crippen LogP contribution in [0.25, 0.3) is 0 Å². The molecule has 1 amide bonds. The zero-order valence-corrected chi connectivity index (χ0v) is 16.7. The maximum Gasteiger partial charge on any atom is 0.334 e. The quantitative estimate of drug-likeness (QED) is 0.793. The van der Waals surface area contributed by atoms with Gasteiger partial charge in [-0.05, 0) is 24.5 Å². The number of Topliss-reactive ketones (excluding diaryl/α,β-unsaturated/α-hetero) is 1. The fraction of sp³-hybridized carbons (Fsp3) is 0.522. The van der Waals surface area contributed by atoms with E-state index in [0.717, 1.165) is 24.9 Å². The molecular weight excluding hydrogens is 368 g/mol. The molecule has 1 N–H and O–H groups in total. The van der Waals surface area contributed by atoms with Gasteiger partial charge in [-0.1, -0.05) is 50.3 Å². The first-order chi connectivity index (χ1) is 14.1. The SMILES string of the molecule is O=C(O)C1=C(N2C(=O)C(=O)Cc3ccccc32)CCN(C2CCCCCCC2)C1. The molecule has 1 saturated carbocycles. The van der Waals surface area contributed by atoms with Crippen LogP contribution in [0, 0.1) is 0 Å². The zero-order chi connectivity index (χ0) is 20.4. The molecule has 1 aliphatic carbocycles. The normalized spacial score (nSPS) is 22.3. The lowest BCUT2D eigenvalue weighted by Crippen LogP contribution is -2.48. The topological polar surface area (TPSA) is 77.9 Å². The molecule has 0 bridgehead atoms. The highest BCUT2D eigenvalue weighted by Gasteiger charge is 2.38. The van der Waals surface area contributed by atoms with E-state index in [0.29, 0.717) is 30.4 Å². The van der Waals surface area contributed by atoms with Gasteiger partial charge in [0.1, 0.15) is 0 Å². The van der Waals surface area contributed by atoms with Gasteiger partial charge in [-0.25, -0.2) is 4.79 Å². The lowest BCUT2D eigenvalue weighted by atomic mass is 9.92. The van der Waals surface area contributed by atoms with Crippen LogP contribution in [0.2, 0.25) is 0 Å². The van der Waals surface area contributed by atoms with E-state index in [-0.39, 0.29) is 12.0 Å². The van der Waals surface area contributed by atoms with E-state index >= 15 is 0 Å². The summed E-state index contributed by atoms with van der Waals surface area (Å²) in [5.41, 5.74) is 2.14. The Morgan fingerprint density at radius 3 is 2.41 bits per heavy atom. The summed E-state index contributed by atoms with van der Waals surface area (Å²) in [7, 11) is 0. The lowest BCUT2D eigenvalue weighted by molar-refractivity contribution is -0.136. The summed E-state index contributed by atoms with van der Waals surface area (Å²) in [5.74, 6) is -2.10. The number of ketones is 1. The van der Waals surface area contributed by atoms with Crippen LogP contribution in [0.4, 0.5) is 5.69 Å². The minimum atomic E-state index is -1.00. The second-order valence-corrected chi connectivity index (χ2v) is 8.32. The number of carboxylic acids is 1. The molecule has 154 valence electrons. The molecule has 0 spiro atoms. The molecule has 29 heavy (non-hydrogen) atoms. The Kier molecular flexibility index (Phi) is 5.81. The molecule has 1 aromatic carbocycles. The van der Waals surface area contributed by atoms with Gasteiger partial charge in [-0.2, -0.15) is 0 Å². The second-order valence-electron chi connectivity index (χ2n) is 8.32. The van der Waals surface area contributed by atoms with Crippen LogP contribution in [0.5, 0.6) is 0 Å². The van der Waals surface area contributed by atoms with Crippen LogP contribution in [0.15, 0.2) is 35.5 Å². The summed E-state index contributed by atoms with van der Waals surface area (Å²) in [4.78, 5) is 40.9. The third-order valence-electron chi connectivity index (χ3n) is 6.49. The van der Waals surface area contributed by atoms with Gasteiger partial charge in [-0.15, -0.1) is 0 Å². The van der Waals surface area contributed by atoms with Gasteiger partial charge in [0.05, 0.1) is 11.3 Å². The Morgan fingerprint density at radius 2 is 1.69 bits per heavy atom. The van der Waals surface area contributed by atoms with Crippen LogP contribution >= 0.6 is 0 Å². The van der Waals surface area contributed by atoms with Crippen molar-refractivity contribution in [2.45, 2.75) is 63.8 Å². The number of para-hydroxylation sites is 1. The van der Waals surface area contributed by atoms with Crippen LogP contribution in [-0.4, -0.2) is 46.8 Å². The molecule has 2 aliphatic heterocycles. The van der Waals surface area contributed by atoms with Crippen molar-refractivity contribution in [3.8, 4) is 0 Å². The number of hydrogen-bond acceptors (Lipinski definition) is 4. The number of nitrogens with zero attached hydrogens (tertiary/aromatic N) is 2. The van der Waals surface area contributed by atoms with Crippen molar-refractivity contribution in [2.75, 3.05) is 18.0 Å². The Balaban J connectivity index is 1.66. The van der Waals surface area contributed by atoms with Crippen molar-refractivity contribution in [1.29, 1.82) is 0 Å². The van der Waals surface area contributed by atoms with Gasteiger partial charge in [0.15, 0.2) is 0 Å². The molecule has 6 heteroatoms. The highest BCUT2D eigenvalue weighted by molar-refractivity contribution is 6.44. The number of hydrogen-bond donors (Lipinski definition) is 1. The predicted molar refractivity (Wildman–Crippen MR) is 110 cm³/mol. The number of amides is 1. The Labute approximate surface area is 171 Å². The minimum Gasteiger partial charge on any atom is -0.478 e. The fourth-order valence-electron chi connectivity index (χ4n) is 4.95. The molecule has 6 nitrogen and oxygen atoms in total. The highest BCUT2D eigenvalue weighted by atomic mass is 16.4. The maximum atomic E-state index is 12.8. The summed E-state index contributed by atoms with van der Waals surface area (Å²) in [6.45, 7) is 1.05. The third-order valence-corrected chi connectivity index (χ3v) is 6.49. The maximum absolute atomic E-state index is 12.8. The van der Waals surface area contributed by atoms with Gasteiger partial charge in [0.25, 0.3) is 5.91 Å².